The van der Waals surface area contributed by atoms with Crippen LogP contribution in [0.25, 0.3) is 10.8 Å². The SMILES string of the molecule is O=c1on(CCC(Oc2c(Cl)ccc3ccccc23)c2cncs2)oc1=O. The highest BCUT2D eigenvalue weighted by Gasteiger charge is 2.20. The van der Waals surface area contributed by atoms with Gasteiger partial charge in [-0.25, -0.2) is 9.59 Å². The van der Waals surface area contributed by atoms with Crippen LogP contribution in [0.3, 0.4) is 0 Å². The summed E-state index contributed by atoms with van der Waals surface area (Å²) >= 11 is 7.82. The molecule has 7 nitrogen and oxygen atoms in total. The highest BCUT2D eigenvalue weighted by Crippen LogP contribution is 2.38. The van der Waals surface area contributed by atoms with Crippen molar-refractivity contribution in [1.29, 1.82) is 0 Å². The molecular weight excluding hydrogens is 392 g/mol. The summed E-state index contributed by atoms with van der Waals surface area (Å²) < 4.78 is 15.7. The molecule has 0 bridgehead atoms. The van der Waals surface area contributed by atoms with E-state index in [1.54, 1.807) is 17.8 Å². The molecule has 2 heterocycles. The summed E-state index contributed by atoms with van der Waals surface area (Å²) in [4.78, 5) is 28.1. The Morgan fingerprint density at radius 1 is 1.15 bits per heavy atom. The van der Waals surface area contributed by atoms with Gasteiger partial charge in [0.05, 0.1) is 22.0 Å². The standard InChI is InChI=1S/C18H13ClN2O5S/c19-13-6-5-11-3-1-2-4-12(11)16(13)24-14(15-9-20-10-27-15)7-8-21-25-17(22)18(23)26-21/h1-6,9-10,14H,7-8H2. The van der Waals surface area contributed by atoms with Crippen molar-refractivity contribution in [3.63, 3.8) is 0 Å². The van der Waals surface area contributed by atoms with Gasteiger partial charge in [-0.2, -0.15) is 0 Å². The third kappa shape index (κ3) is 3.67. The summed E-state index contributed by atoms with van der Waals surface area (Å²) in [5.41, 5.74) is -0.378. The van der Waals surface area contributed by atoms with Gasteiger partial charge in [0.1, 0.15) is 11.9 Å². The summed E-state index contributed by atoms with van der Waals surface area (Å²) in [5, 5.41) is 2.38. The van der Waals surface area contributed by atoms with Crippen LogP contribution in [0.1, 0.15) is 17.4 Å². The third-order valence-corrected chi connectivity index (χ3v) is 5.14. The van der Waals surface area contributed by atoms with Crippen molar-refractivity contribution in [2.75, 3.05) is 0 Å². The lowest BCUT2D eigenvalue weighted by Crippen LogP contribution is -2.14. The fourth-order valence-corrected chi connectivity index (χ4v) is 3.61. The van der Waals surface area contributed by atoms with Crippen molar-refractivity contribution in [2.24, 2.45) is 0 Å². The lowest BCUT2D eigenvalue weighted by Gasteiger charge is -2.19. The first kappa shape index (κ1) is 17.6. The fraction of sp³-hybridized carbons (Fsp3) is 0.167. The van der Waals surface area contributed by atoms with Crippen molar-refractivity contribution < 1.29 is 13.8 Å². The molecule has 0 aliphatic heterocycles. The molecule has 0 aliphatic carbocycles. The van der Waals surface area contributed by atoms with Crippen LogP contribution >= 0.6 is 22.9 Å². The molecular formula is C18H13ClN2O5S. The van der Waals surface area contributed by atoms with Crippen molar-refractivity contribution in [3.8, 4) is 5.75 Å². The van der Waals surface area contributed by atoms with Gasteiger partial charge in [-0.05, 0) is 11.5 Å². The fourth-order valence-electron chi connectivity index (χ4n) is 2.71. The predicted octanol–water partition coefficient (Wildman–Crippen LogP) is 3.87. The van der Waals surface area contributed by atoms with E-state index in [9.17, 15) is 9.59 Å². The van der Waals surface area contributed by atoms with E-state index in [4.69, 9.17) is 25.4 Å². The summed E-state index contributed by atoms with van der Waals surface area (Å²) in [6, 6.07) is 11.5. The molecule has 0 saturated heterocycles. The van der Waals surface area contributed by atoms with Crippen LogP contribution in [0.5, 0.6) is 5.75 Å². The van der Waals surface area contributed by atoms with Crippen LogP contribution in [-0.2, 0) is 6.54 Å². The minimum atomic E-state index is -1.04. The van der Waals surface area contributed by atoms with Crippen molar-refractivity contribution in [2.45, 2.75) is 19.1 Å². The molecule has 0 spiro atoms. The van der Waals surface area contributed by atoms with E-state index in [-0.39, 0.29) is 6.54 Å². The summed E-state index contributed by atoms with van der Waals surface area (Å²) in [6.07, 6.45) is 1.66. The summed E-state index contributed by atoms with van der Waals surface area (Å²) in [7, 11) is 0. The van der Waals surface area contributed by atoms with Crippen LogP contribution in [0.15, 0.2) is 66.7 Å². The van der Waals surface area contributed by atoms with Crippen molar-refractivity contribution >= 4 is 33.7 Å². The number of ether oxygens (including phenoxy) is 1. The second-order valence-corrected chi connectivity index (χ2v) is 7.04. The van der Waals surface area contributed by atoms with Gasteiger partial charge >= 0.3 is 11.3 Å². The molecule has 1 unspecified atom stereocenters. The molecule has 2 aromatic carbocycles. The Morgan fingerprint density at radius 2 is 1.93 bits per heavy atom. The van der Waals surface area contributed by atoms with Crippen LogP contribution in [0.4, 0.5) is 0 Å². The Bertz CT molecular complexity index is 1150. The molecule has 27 heavy (non-hydrogen) atoms. The van der Waals surface area contributed by atoms with Crippen LogP contribution in [0.2, 0.25) is 5.02 Å². The minimum Gasteiger partial charge on any atom is -0.483 e. The number of halogens is 1. The number of thiazole rings is 1. The van der Waals surface area contributed by atoms with Gasteiger partial charge in [0.25, 0.3) is 0 Å². The number of hydrogen-bond donors (Lipinski definition) is 0. The number of rotatable bonds is 6. The van der Waals surface area contributed by atoms with Gasteiger partial charge in [0.2, 0.25) is 0 Å². The third-order valence-electron chi connectivity index (χ3n) is 3.97. The van der Waals surface area contributed by atoms with Gasteiger partial charge in [-0.15, -0.1) is 11.3 Å². The van der Waals surface area contributed by atoms with Gasteiger partial charge < -0.3 is 4.74 Å². The Morgan fingerprint density at radius 3 is 2.67 bits per heavy atom. The number of fused-ring (bicyclic) bond motifs is 1. The molecule has 0 amide bonds. The zero-order valence-electron chi connectivity index (χ0n) is 13.8. The number of hydrogen-bond acceptors (Lipinski definition) is 7. The summed E-state index contributed by atoms with van der Waals surface area (Å²) in [6.45, 7) is 0.141. The number of aryl methyl sites for hydroxylation is 1. The van der Waals surface area contributed by atoms with Crippen molar-refractivity contribution in [1.82, 2.24) is 9.90 Å². The van der Waals surface area contributed by atoms with Crippen molar-refractivity contribution in [3.05, 3.63) is 78.8 Å². The molecule has 0 aliphatic rings. The zero-order chi connectivity index (χ0) is 18.8. The van der Waals surface area contributed by atoms with Gasteiger partial charge in [0.15, 0.2) is 0 Å². The first-order valence-electron chi connectivity index (χ1n) is 8.06. The number of nitrogens with zero attached hydrogens (tertiary/aromatic N) is 2. The van der Waals surface area contributed by atoms with Crippen LogP contribution in [-0.4, -0.2) is 9.90 Å². The largest absolute Gasteiger partial charge is 0.483 e. The lowest BCUT2D eigenvalue weighted by molar-refractivity contribution is 0.0558. The van der Waals surface area contributed by atoms with E-state index in [0.717, 1.165) is 20.6 Å². The molecule has 2 aromatic heterocycles. The average molecular weight is 405 g/mol. The summed E-state index contributed by atoms with van der Waals surface area (Å²) in [5.74, 6) is 0.559. The van der Waals surface area contributed by atoms with E-state index in [1.807, 2.05) is 30.3 Å². The Hall–Kier alpha value is -2.84. The van der Waals surface area contributed by atoms with Gasteiger partial charge in [-0.1, -0.05) is 46.8 Å². The first-order valence-corrected chi connectivity index (χ1v) is 9.31. The molecule has 4 rings (SSSR count). The Balaban J connectivity index is 1.65. The topological polar surface area (TPSA) is 87.5 Å². The van der Waals surface area contributed by atoms with E-state index < -0.39 is 17.4 Å². The maximum absolute atomic E-state index is 11.1. The number of aromatic nitrogens is 2. The highest BCUT2D eigenvalue weighted by atomic mass is 35.5. The lowest BCUT2D eigenvalue weighted by atomic mass is 10.1. The molecule has 0 saturated carbocycles. The Kier molecular flexibility index (Phi) is 4.83. The van der Waals surface area contributed by atoms with E-state index in [1.165, 1.54) is 11.3 Å². The average Bonchev–Trinajstić information content (AvgIpc) is 3.31. The van der Waals surface area contributed by atoms with Gasteiger partial charge in [-0.3, -0.25) is 14.0 Å². The van der Waals surface area contributed by atoms with Crippen LogP contribution in [0, 0.1) is 0 Å². The van der Waals surface area contributed by atoms with Crippen LogP contribution < -0.4 is 16.0 Å². The second-order valence-electron chi connectivity index (χ2n) is 5.71. The number of benzene rings is 2. The highest BCUT2D eigenvalue weighted by molar-refractivity contribution is 7.09. The van der Waals surface area contributed by atoms with E-state index >= 15 is 0 Å². The monoisotopic (exact) mass is 404 g/mol. The molecule has 0 N–H and O–H groups in total. The molecule has 0 radical (unpaired) electrons. The minimum absolute atomic E-state index is 0.141. The molecule has 0 fully saturated rings. The molecule has 9 heteroatoms. The quantitative estimate of drug-likeness (QED) is 0.453. The maximum Gasteiger partial charge on any atom is 0.446 e. The molecule has 138 valence electrons. The molecule has 1 atom stereocenters. The normalized spacial score (nSPS) is 12.3. The smallest absolute Gasteiger partial charge is 0.446 e. The molecule has 4 aromatic rings. The maximum atomic E-state index is 11.1. The van der Waals surface area contributed by atoms with E-state index in [2.05, 4.69) is 4.98 Å². The zero-order valence-corrected chi connectivity index (χ0v) is 15.4. The predicted molar refractivity (Wildman–Crippen MR) is 101 cm³/mol. The Labute approximate surface area is 161 Å². The van der Waals surface area contributed by atoms with E-state index in [0.29, 0.717) is 17.2 Å². The first-order chi connectivity index (χ1) is 13.1. The second kappa shape index (κ2) is 7.42. The van der Waals surface area contributed by atoms with Gasteiger partial charge in [0, 0.05) is 18.0 Å².